The van der Waals surface area contributed by atoms with Crippen LogP contribution in [0.5, 0.6) is 0 Å². The van der Waals surface area contributed by atoms with Crippen LogP contribution in [0.2, 0.25) is 0 Å². The first kappa shape index (κ1) is 13.8. The molecule has 0 bridgehead atoms. The van der Waals surface area contributed by atoms with Crippen LogP contribution in [0, 0.1) is 0 Å². The molecule has 19 heavy (non-hydrogen) atoms. The summed E-state index contributed by atoms with van der Waals surface area (Å²) in [4.78, 5) is 28.0. The standard InChI is InChI=1S/C12H17N3O3S/c1-6(10(16)13-2)14-12-15-9-7(11(17)18)4-3-5-8(9)19-12/h6-7H,3-5H2,1-2H3,(H,13,16)(H,14,15)(H,17,18). The highest BCUT2D eigenvalue weighted by Gasteiger charge is 2.30. The zero-order valence-electron chi connectivity index (χ0n) is 10.9. The number of carbonyl (C=O) groups excluding carboxylic acids is 1. The molecule has 2 unspecified atom stereocenters. The third kappa shape index (κ3) is 2.86. The monoisotopic (exact) mass is 283 g/mol. The summed E-state index contributed by atoms with van der Waals surface area (Å²) >= 11 is 1.45. The smallest absolute Gasteiger partial charge is 0.312 e. The van der Waals surface area contributed by atoms with E-state index in [4.69, 9.17) is 0 Å². The van der Waals surface area contributed by atoms with Gasteiger partial charge in [-0.2, -0.15) is 0 Å². The van der Waals surface area contributed by atoms with Gasteiger partial charge in [-0.05, 0) is 26.2 Å². The molecule has 6 nitrogen and oxygen atoms in total. The van der Waals surface area contributed by atoms with Crippen molar-refractivity contribution in [2.24, 2.45) is 0 Å². The highest BCUT2D eigenvalue weighted by molar-refractivity contribution is 7.15. The molecule has 2 rings (SSSR count). The first-order valence-corrected chi connectivity index (χ1v) is 7.05. The summed E-state index contributed by atoms with van der Waals surface area (Å²) in [5.41, 5.74) is 0.662. The molecular formula is C12H17N3O3S. The number of hydrogen-bond donors (Lipinski definition) is 3. The predicted octanol–water partition coefficient (Wildman–Crippen LogP) is 1.19. The Morgan fingerprint density at radius 3 is 2.89 bits per heavy atom. The molecule has 0 spiro atoms. The van der Waals surface area contributed by atoms with Gasteiger partial charge >= 0.3 is 5.97 Å². The number of aryl methyl sites for hydroxylation is 1. The number of hydrogen-bond acceptors (Lipinski definition) is 5. The third-order valence-electron chi connectivity index (χ3n) is 3.23. The predicted molar refractivity (Wildman–Crippen MR) is 72.6 cm³/mol. The van der Waals surface area contributed by atoms with E-state index >= 15 is 0 Å². The number of rotatable bonds is 4. The Morgan fingerprint density at radius 2 is 2.26 bits per heavy atom. The third-order valence-corrected chi connectivity index (χ3v) is 4.29. The quantitative estimate of drug-likeness (QED) is 0.772. The lowest BCUT2D eigenvalue weighted by atomic mass is 9.91. The van der Waals surface area contributed by atoms with Gasteiger partial charge in [0.1, 0.15) is 12.0 Å². The van der Waals surface area contributed by atoms with Crippen LogP contribution in [-0.4, -0.2) is 35.1 Å². The number of aromatic nitrogens is 1. The molecule has 0 aliphatic heterocycles. The van der Waals surface area contributed by atoms with Gasteiger partial charge in [-0.25, -0.2) is 4.98 Å². The van der Waals surface area contributed by atoms with Crippen molar-refractivity contribution in [3.8, 4) is 0 Å². The number of fused-ring (bicyclic) bond motifs is 1. The second-order valence-electron chi connectivity index (χ2n) is 4.59. The lowest BCUT2D eigenvalue weighted by molar-refractivity contribution is -0.139. The molecule has 0 saturated carbocycles. The number of thiazole rings is 1. The van der Waals surface area contributed by atoms with Crippen molar-refractivity contribution in [2.75, 3.05) is 12.4 Å². The summed E-state index contributed by atoms with van der Waals surface area (Å²) in [6.07, 6.45) is 2.37. The molecule has 0 radical (unpaired) electrons. The summed E-state index contributed by atoms with van der Waals surface area (Å²) in [6.45, 7) is 1.74. The minimum atomic E-state index is -0.822. The van der Waals surface area contributed by atoms with E-state index in [0.29, 0.717) is 17.2 Å². The average Bonchev–Trinajstić information content (AvgIpc) is 2.79. The van der Waals surface area contributed by atoms with E-state index in [1.165, 1.54) is 11.3 Å². The van der Waals surface area contributed by atoms with Crippen molar-refractivity contribution < 1.29 is 14.7 Å². The van der Waals surface area contributed by atoms with Crippen molar-refractivity contribution in [1.29, 1.82) is 0 Å². The Hall–Kier alpha value is -1.63. The van der Waals surface area contributed by atoms with Gasteiger partial charge in [0.05, 0.1) is 5.69 Å². The van der Waals surface area contributed by atoms with Crippen molar-refractivity contribution in [3.05, 3.63) is 10.6 Å². The Bertz CT molecular complexity index is 500. The van der Waals surface area contributed by atoms with Gasteiger partial charge in [-0.3, -0.25) is 9.59 Å². The van der Waals surface area contributed by atoms with Crippen molar-refractivity contribution in [2.45, 2.75) is 38.1 Å². The molecule has 1 amide bonds. The number of anilines is 1. The van der Waals surface area contributed by atoms with Gasteiger partial charge in [-0.1, -0.05) is 0 Å². The van der Waals surface area contributed by atoms with Crippen LogP contribution in [-0.2, 0) is 16.0 Å². The first-order chi connectivity index (χ1) is 9.02. The number of carboxylic acids is 1. The lowest BCUT2D eigenvalue weighted by Gasteiger charge is -2.16. The van der Waals surface area contributed by atoms with Crippen LogP contribution in [0.15, 0.2) is 0 Å². The number of carbonyl (C=O) groups is 2. The highest BCUT2D eigenvalue weighted by Crippen LogP contribution is 2.36. The summed E-state index contributed by atoms with van der Waals surface area (Å²) < 4.78 is 0. The van der Waals surface area contributed by atoms with Gasteiger partial charge in [-0.15, -0.1) is 11.3 Å². The Balaban J connectivity index is 2.17. The highest BCUT2D eigenvalue weighted by atomic mass is 32.1. The van der Waals surface area contributed by atoms with E-state index < -0.39 is 11.9 Å². The largest absolute Gasteiger partial charge is 0.481 e. The van der Waals surface area contributed by atoms with Gasteiger partial charge < -0.3 is 15.7 Å². The Labute approximate surface area is 115 Å². The first-order valence-electron chi connectivity index (χ1n) is 6.23. The van der Waals surface area contributed by atoms with E-state index in [1.807, 2.05) is 0 Å². The molecular weight excluding hydrogens is 266 g/mol. The fraction of sp³-hybridized carbons (Fsp3) is 0.583. The molecule has 1 aliphatic carbocycles. The van der Waals surface area contributed by atoms with Crippen LogP contribution < -0.4 is 10.6 Å². The summed E-state index contributed by atoms with van der Waals surface area (Å²) in [6, 6.07) is -0.388. The van der Waals surface area contributed by atoms with Crippen LogP contribution in [0.4, 0.5) is 5.13 Å². The van der Waals surface area contributed by atoms with Crippen molar-refractivity contribution in [1.82, 2.24) is 10.3 Å². The van der Waals surface area contributed by atoms with E-state index in [2.05, 4.69) is 15.6 Å². The van der Waals surface area contributed by atoms with Gasteiger partial charge in [0, 0.05) is 11.9 Å². The fourth-order valence-electron chi connectivity index (χ4n) is 2.19. The van der Waals surface area contributed by atoms with Crippen molar-refractivity contribution >= 4 is 28.3 Å². The molecule has 0 aromatic carbocycles. The second-order valence-corrected chi connectivity index (χ2v) is 5.67. The van der Waals surface area contributed by atoms with Crippen LogP contribution >= 0.6 is 11.3 Å². The summed E-state index contributed by atoms with van der Waals surface area (Å²) in [7, 11) is 1.58. The number of nitrogens with one attached hydrogen (secondary N) is 2. The molecule has 0 saturated heterocycles. The summed E-state index contributed by atoms with van der Waals surface area (Å²) in [5, 5.41) is 15.4. The molecule has 1 heterocycles. The van der Waals surface area contributed by atoms with Gasteiger partial charge in [0.25, 0.3) is 0 Å². The molecule has 1 aliphatic rings. The minimum Gasteiger partial charge on any atom is -0.481 e. The lowest BCUT2D eigenvalue weighted by Crippen LogP contribution is -2.35. The molecule has 1 aromatic heterocycles. The fourth-order valence-corrected chi connectivity index (χ4v) is 3.34. The van der Waals surface area contributed by atoms with Crippen LogP contribution in [0.3, 0.4) is 0 Å². The maximum Gasteiger partial charge on any atom is 0.312 e. The molecule has 7 heteroatoms. The average molecular weight is 283 g/mol. The van der Waals surface area contributed by atoms with E-state index in [9.17, 15) is 14.7 Å². The number of amides is 1. The van der Waals surface area contributed by atoms with Crippen LogP contribution in [0.1, 0.15) is 36.3 Å². The molecule has 1 aromatic rings. The minimum absolute atomic E-state index is 0.122. The molecule has 0 fully saturated rings. The number of carboxylic acid groups (broad SMARTS) is 1. The number of nitrogens with zero attached hydrogens (tertiary/aromatic N) is 1. The number of aliphatic carboxylic acids is 1. The zero-order valence-corrected chi connectivity index (χ0v) is 11.7. The normalized spacial score (nSPS) is 19.4. The summed E-state index contributed by atoms with van der Waals surface area (Å²) in [5.74, 6) is -1.45. The maximum atomic E-state index is 11.4. The van der Waals surface area contributed by atoms with E-state index in [0.717, 1.165) is 17.7 Å². The molecule has 2 atom stereocenters. The SMILES string of the molecule is CNC(=O)C(C)Nc1nc2c(s1)CCCC2C(=O)O. The Kier molecular flexibility index (Phi) is 4.04. The molecule has 3 N–H and O–H groups in total. The molecule has 104 valence electrons. The van der Waals surface area contributed by atoms with E-state index in [-0.39, 0.29) is 11.9 Å². The van der Waals surface area contributed by atoms with E-state index in [1.54, 1.807) is 14.0 Å². The Morgan fingerprint density at radius 1 is 1.53 bits per heavy atom. The zero-order chi connectivity index (χ0) is 14.0. The van der Waals surface area contributed by atoms with Crippen molar-refractivity contribution in [3.63, 3.8) is 0 Å². The number of likely N-dealkylation sites (N-methyl/N-ethyl adjacent to an activating group) is 1. The maximum absolute atomic E-state index is 11.4. The topological polar surface area (TPSA) is 91.3 Å². The second kappa shape index (κ2) is 5.56. The van der Waals surface area contributed by atoms with Crippen LogP contribution in [0.25, 0.3) is 0 Å². The van der Waals surface area contributed by atoms with Gasteiger partial charge in [0.15, 0.2) is 5.13 Å². The van der Waals surface area contributed by atoms with Gasteiger partial charge in [0.2, 0.25) is 5.91 Å².